The van der Waals surface area contributed by atoms with Crippen molar-refractivity contribution in [3.05, 3.63) is 83.0 Å². The van der Waals surface area contributed by atoms with Gasteiger partial charge in [-0.3, -0.25) is 4.79 Å². The fourth-order valence-electron chi connectivity index (χ4n) is 3.82. The lowest BCUT2D eigenvalue weighted by Gasteiger charge is -2.10. The molecule has 3 aromatic carbocycles. The van der Waals surface area contributed by atoms with Crippen LogP contribution < -0.4 is 24.3 Å². The van der Waals surface area contributed by atoms with Gasteiger partial charge in [0.2, 0.25) is 6.79 Å². The van der Waals surface area contributed by atoms with Crippen molar-refractivity contribution in [3.63, 3.8) is 0 Å². The number of fused-ring (bicyclic) bond motifs is 1. The van der Waals surface area contributed by atoms with E-state index in [0.29, 0.717) is 57.2 Å². The summed E-state index contributed by atoms with van der Waals surface area (Å²) in [4.78, 5) is 13.3. The summed E-state index contributed by atoms with van der Waals surface area (Å²) in [6.07, 6.45) is 0. The molecule has 0 unspecified atom stereocenters. The maximum Gasteiger partial charge on any atom is 0.270 e. The Morgan fingerprint density at radius 3 is 2.66 bits per heavy atom. The van der Waals surface area contributed by atoms with E-state index >= 15 is 0 Å². The average Bonchev–Trinajstić information content (AvgIpc) is 3.54. The molecule has 2 heterocycles. The molecular weight excluding hydrogens is 470 g/mol. The number of nitrogens with zero attached hydrogens (tertiary/aromatic N) is 2. The first kappa shape index (κ1) is 22.6. The molecule has 0 atom stereocenters. The number of carbonyl (C=O) groups is 1. The quantitative estimate of drug-likeness (QED) is 0.397. The zero-order valence-corrected chi connectivity index (χ0v) is 19.8. The Kier molecular flexibility index (Phi) is 6.20. The number of aromatic nitrogens is 2. The van der Waals surface area contributed by atoms with Crippen LogP contribution in [0.15, 0.2) is 66.7 Å². The molecule has 1 aliphatic rings. The Hall–Kier alpha value is -4.17. The molecule has 35 heavy (non-hydrogen) atoms. The average molecular weight is 492 g/mol. The van der Waals surface area contributed by atoms with Gasteiger partial charge in [0.1, 0.15) is 17.2 Å². The summed E-state index contributed by atoms with van der Waals surface area (Å²) >= 11 is 6.46. The van der Waals surface area contributed by atoms with Crippen LogP contribution in [0.25, 0.3) is 16.9 Å². The van der Waals surface area contributed by atoms with Crippen molar-refractivity contribution in [2.24, 2.45) is 0 Å². The van der Waals surface area contributed by atoms with Gasteiger partial charge < -0.3 is 24.3 Å². The zero-order chi connectivity index (χ0) is 24.4. The van der Waals surface area contributed by atoms with E-state index < -0.39 is 0 Å². The molecule has 178 valence electrons. The van der Waals surface area contributed by atoms with Crippen molar-refractivity contribution in [3.8, 4) is 39.9 Å². The van der Waals surface area contributed by atoms with Crippen molar-refractivity contribution in [1.29, 1.82) is 0 Å². The third-order valence-electron chi connectivity index (χ3n) is 5.60. The predicted molar refractivity (Wildman–Crippen MR) is 131 cm³/mol. The molecule has 1 aliphatic heterocycles. The minimum absolute atomic E-state index is 0.194. The van der Waals surface area contributed by atoms with Crippen LogP contribution in [0.4, 0.5) is 0 Å². The Balaban J connectivity index is 1.50. The van der Waals surface area contributed by atoms with Crippen molar-refractivity contribution in [1.82, 2.24) is 15.1 Å². The maximum absolute atomic E-state index is 13.3. The molecule has 1 amide bonds. The molecule has 1 N–H and O–H groups in total. The summed E-state index contributed by atoms with van der Waals surface area (Å²) < 4.78 is 23.2. The summed E-state index contributed by atoms with van der Waals surface area (Å²) in [6, 6.07) is 19.9. The van der Waals surface area contributed by atoms with Gasteiger partial charge in [-0.05, 0) is 48.0 Å². The Morgan fingerprint density at radius 2 is 1.86 bits per heavy atom. The number of hydrogen-bond acceptors (Lipinski definition) is 6. The second-order valence-corrected chi connectivity index (χ2v) is 8.12. The largest absolute Gasteiger partial charge is 0.497 e. The third kappa shape index (κ3) is 4.48. The van der Waals surface area contributed by atoms with Gasteiger partial charge in [0.15, 0.2) is 11.5 Å². The molecule has 9 heteroatoms. The van der Waals surface area contributed by atoms with Crippen LogP contribution in [0, 0.1) is 0 Å². The second kappa shape index (κ2) is 9.60. The van der Waals surface area contributed by atoms with Gasteiger partial charge in [0.25, 0.3) is 5.91 Å². The van der Waals surface area contributed by atoms with Gasteiger partial charge in [-0.2, -0.15) is 5.10 Å². The predicted octanol–water partition coefficient (Wildman–Crippen LogP) is 4.87. The van der Waals surface area contributed by atoms with Crippen LogP contribution in [0.2, 0.25) is 5.02 Å². The first-order valence-corrected chi connectivity index (χ1v) is 11.2. The number of amides is 1. The standard InChI is InChI=1S/C26H22ClN3O5/c1-32-17-8-9-18(24(12-17)33-2)20-13-22(30(29-20)21-6-4-3-5-19(21)27)26(31)28-14-16-7-10-23-25(11-16)35-15-34-23/h3-13H,14-15H2,1-2H3,(H,28,31). The van der Waals surface area contributed by atoms with Gasteiger partial charge in [-0.1, -0.05) is 29.8 Å². The van der Waals surface area contributed by atoms with E-state index in [0.717, 1.165) is 5.56 Å². The molecule has 0 aliphatic carbocycles. The highest BCUT2D eigenvalue weighted by Gasteiger charge is 2.21. The summed E-state index contributed by atoms with van der Waals surface area (Å²) in [5, 5.41) is 8.14. The molecule has 5 rings (SSSR count). The number of para-hydroxylation sites is 1. The summed E-state index contributed by atoms with van der Waals surface area (Å²) in [6.45, 7) is 0.490. The highest BCUT2D eigenvalue weighted by atomic mass is 35.5. The highest BCUT2D eigenvalue weighted by Crippen LogP contribution is 2.35. The van der Waals surface area contributed by atoms with Gasteiger partial charge in [-0.15, -0.1) is 0 Å². The lowest BCUT2D eigenvalue weighted by atomic mass is 10.1. The van der Waals surface area contributed by atoms with E-state index in [2.05, 4.69) is 5.32 Å². The molecule has 4 aromatic rings. The van der Waals surface area contributed by atoms with Crippen molar-refractivity contribution in [2.75, 3.05) is 21.0 Å². The number of methoxy groups -OCH3 is 2. The van der Waals surface area contributed by atoms with Gasteiger partial charge in [-0.25, -0.2) is 4.68 Å². The van der Waals surface area contributed by atoms with E-state index in [1.807, 2.05) is 42.5 Å². The van der Waals surface area contributed by atoms with Crippen molar-refractivity contribution in [2.45, 2.75) is 6.54 Å². The smallest absolute Gasteiger partial charge is 0.270 e. The molecule has 0 bridgehead atoms. The van der Waals surface area contributed by atoms with Gasteiger partial charge in [0.05, 0.1) is 30.6 Å². The van der Waals surface area contributed by atoms with Gasteiger partial charge >= 0.3 is 0 Å². The highest BCUT2D eigenvalue weighted by molar-refractivity contribution is 6.32. The molecule has 0 radical (unpaired) electrons. The van der Waals surface area contributed by atoms with Crippen molar-refractivity contribution >= 4 is 17.5 Å². The SMILES string of the molecule is COc1ccc(-c2cc(C(=O)NCc3ccc4c(c3)OCO4)n(-c3ccccc3Cl)n2)c(OC)c1. The Bertz CT molecular complexity index is 1400. The fourth-order valence-corrected chi connectivity index (χ4v) is 4.03. The summed E-state index contributed by atoms with van der Waals surface area (Å²) in [5.74, 6) is 2.26. The topological polar surface area (TPSA) is 83.8 Å². The molecule has 0 saturated carbocycles. The lowest BCUT2D eigenvalue weighted by molar-refractivity contribution is 0.0943. The van der Waals surface area contributed by atoms with Crippen LogP contribution >= 0.6 is 11.6 Å². The minimum Gasteiger partial charge on any atom is -0.497 e. The van der Waals surface area contributed by atoms with E-state index in [9.17, 15) is 4.79 Å². The van der Waals surface area contributed by atoms with Crippen LogP contribution in [-0.2, 0) is 6.54 Å². The number of carbonyl (C=O) groups excluding carboxylic acids is 1. The van der Waals surface area contributed by atoms with Crippen molar-refractivity contribution < 1.29 is 23.7 Å². The number of hydrogen-bond donors (Lipinski definition) is 1. The fraction of sp³-hybridized carbons (Fsp3) is 0.154. The molecule has 0 spiro atoms. The van der Waals surface area contributed by atoms with E-state index in [1.54, 1.807) is 38.5 Å². The molecule has 1 aromatic heterocycles. The number of ether oxygens (including phenoxy) is 4. The Morgan fingerprint density at radius 1 is 1.03 bits per heavy atom. The third-order valence-corrected chi connectivity index (χ3v) is 5.92. The van der Waals surface area contributed by atoms with E-state index in [1.165, 1.54) is 4.68 Å². The minimum atomic E-state index is -0.311. The summed E-state index contributed by atoms with van der Waals surface area (Å²) in [7, 11) is 3.16. The van der Waals surface area contributed by atoms with Crippen LogP contribution in [0.5, 0.6) is 23.0 Å². The first-order valence-electron chi connectivity index (χ1n) is 10.8. The monoisotopic (exact) mass is 491 g/mol. The Labute approximate surface area is 206 Å². The number of benzene rings is 3. The number of rotatable bonds is 7. The van der Waals surface area contributed by atoms with Crippen LogP contribution in [0.3, 0.4) is 0 Å². The van der Waals surface area contributed by atoms with Gasteiger partial charge in [0, 0.05) is 18.2 Å². The number of nitrogens with one attached hydrogen (secondary N) is 1. The first-order chi connectivity index (χ1) is 17.1. The van der Waals surface area contributed by atoms with E-state index in [-0.39, 0.29) is 12.7 Å². The van der Waals surface area contributed by atoms with E-state index in [4.69, 9.17) is 35.6 Å². The zero-order valence-electron chi connectivity index (χ0n) is 19.1. The van der Waals surface area contributed by atoms with Crippen LogP contribution in [0.1, 0.15) is 16.1 Å². The molecular formula is C26H22ClN3O5. The summed E-state index contributed by atoms with van der Waals surface area (Å²) in [5.41, 5.74) is 3.05. The maximum atomic E-state index is 13.3. The normalized spacial score (nSPS) is 11.9. The second-order valence-electron chi connectivity index (χ2n) is 7.71. The number of halogens is 1. The molecule has 8 nitrogen and oxygen atoms in total. The molecule has 0 fully saturated rings. The lowest BCUT2D eigenvalue weighted by Crippen LogP contribution is -2.25. The molecule has 0 saturated heterocycles. The van der Waals surface area contributed by atoms with Crippen LogP contribution in [-0.4, -0.2) is 36.7 Å².